The zero-order valence-electron chi connectivity index (χ0n) is 8.16. The van der Waals surface area contributed by atoms with E-state index in [0.717, 1.165) is 11.8 Å². The standard InChI is InChI=1S/C10H9F3N2S/c11-10(12,13)7(5-14)6-16-9-3-1-2-8(15)4-9/h1-4,7H,6,15H2. The molecule has 0 radical (unpaired) electrons. The number of rotatable bonds is 3. The van der Waals surface area contributed by atoms with Crippen molar-refractivity contribution in [2.24, 2.45) is 5.92 Å². The first-order chi connectivity index (χ1) is 7.43. The van der Waals surface area contributed by atoms with Crippen LogP contribution < -0.4 is 5.73 Å². The summed E-state index contributed by atoms with van der Waals surface area (Å²) in [7, 11) is 0. The van der Waals surface area contributed by atoms with Gasteiger partial charge in [0.1, 0.15) is 0 Å². The summed E-state index contributed by atoms with van der Waals surface area (Å²) in [5, 5.41) is 8.39. The average Bonchev–Trinajstić information content (AvgIpc) is 2.16. The molecule has 0 fully saturated rings. The zero-order valence-corrected chi connectivity index (χ0v) is 8.98. The van der Waals surface area contributed by atoms with Gasteiger partial charge in [-0.25, -0.2) is 0 Å². The summed E-state index contributed by atoms with van der Waals surface area (Å²) in [4.78, 5) is 0.629. The number of anilines is 1. The molecule has 86 valence electrons. The van der Waals surface area contributed by atoms with E-state index in [4.69, 9.17) is 11.0 Å². The molecule has 0 aliphatic heterocycles. The SMILES string of the molecule is N#CC(CSc1cccc(N)c1)C(F)(F)F. The van der Waals surface area contributed by atoms with Gasteiger partial charge in [0, 0.05) is 16.3 Å². The lowest BCUT2D eigenvalue weighted by Crippen LogP contribution is -2.23. The van der Waals surface area contributed by atoms with Crippen LogP contribution in [-0.2, 0) is 0 Å². The number of nitriles is 1. The highest BCUT2D eigenvalue weighted by Crippen LogP contribution is 2.31. The summed E-state index contributed by atoms with van der Waals surface area (Å²) in [5.74, 6) is -2.26. The van der Waals surface area contributed by atoms with E-state index in [1.54, 1.807) is 24.3 Å². The van der Waals surface area contributed by atoms with Gasteiger partial charge in [-0.3, -0.25) is 0 Å². The molecule has 0 saturated heterocycles. The third-order valence-electron chi connectivity index (χ3n) is 1.83. The fraction of sp³-hybridized carbons (Fsp3) is 0.300. The average molecular weight is 246 g/mol. The molecule has 0 aromatic heterocycles. The molecule has 0 spiro atoms. The number of thioether (sulfide) groups is 1. The van der Waals surface area contributed by atoms with E-state index < -0.39 is 12.1 Å². The highest BCUT2D eigenvalue weighted by molar-refractivity contribution is 7.99. The number of nitrogens with two attached hydrogens (primary N) is 1. The van der Waals surface area contributed by atoms with Gasteiger partial charge in [-0.15, -0.1) is 11.8 Å². The van der Waals surface area contributed by atoms with Crippen molar-refractivity contribution in [2.75, 3.05) is 11.5 Å². The first kappa shape index (κ1) is 12.7. The van der Waals surface area contributed by atoms with Crippen molar-refractivity contribution in [3.05, 3.63) is 24.3 Å². The Morgan fingerprint density at radius 1 is 1.44 bits per heavy atom. The largest absolute Gasteiger partial charge is 0.405 e. The molecule has 1 atom stereocenters. The maximum absolute atomic E-state index is 12.2. The fourth-order valence-electron chi connectivity index (χ4n) is 0.989. The van der Waals surface area contributed by atoms with Crippen molar-refractivity contribution in [1.29, 1.82) is 5.26 Å². The van der Waals surface area contributed by atoms with Crippen LogP contribution in [0, 0.1) is 17.2 Å². The molecule has 1 aromatic carbocycles. The number of benzene rings is 1. The van der Waals surface area contributed by atoms with Gasteiger partial charge in [0.05, 0.1) is 6.07 Å². The minimum atomic E-state index is -4.47. The van der Waals surface area contributed by atoms with Crippen LogP contribution in [0.2, 0.25) is 0 Å². The maximum Gasteiger partial charge on any atom is 0.405 e. The molecule has 6 heteroatoms. The Balaban J connectivity index is 2.61. The smallest absolute Gasteiger partial charge is 0.399 e. The van der Waals surface area contributed by atoms with Gasteiger partial charge in [-0.05, 0) is 18.2 Å². The van der Waals surface area contributed by atoms with Crippen molar-refractivity contribution in [3.8, 4) is 6.07 Å². The number of hydrogen-bond donors (Lipinski definition) is 1. The molecule has 0 saturated carbocycles. The first-order valence-corrected chi connectivity index (χ1v) is 5.36. The molecule has 1 rings (SSSR count). The highest BCUT2D eigenvalue weighted by Gasteiger charge is 2.39. The quantitative estimate of drug-likeness (QED) is 0.658. The summed E-state index contributed by atoms with van der Waals surface area (Å²) in [6, 6.07) is 7.79. The van der Waals surface area contributed by atoms with Gasteiger partial charge >= 0.3 is 6.18 Å². The van der Waals surface area contributed by atoms with E-state index in [9.17, 15) is 13.2 Å². The van der Waals surface area contributed by atoms with Gasteiger partial charge in [-0.2, -0.15) is 18.4 Å². The van der Waals surface area contributed by atoms with Crippen molar-refractivity contribution < 1.29 is 13.2 Å². The second-order valence-corrected chi connectivity index (χ2v) is 4.20. The molecule has 0 aliphatic carbocycles. The number of nitrogens with zero attached hydrogens (tertiary/aromatic N) is 1. The Morgan fingerprint density at radius 2 is 2.12 bits per heavy atom. The van der Waals surface area contributed by atoms with E-state index in [-0.39, 0.29) is 5.75 Å². The summed E-state index contributed by atoms with van der Waals surface area (Å²) in [5.41, 5.74) is 5.97. The number of alkyl halides is 3. The molecule has 0 aliphatic rings. The van der Waals surface area contributed by atoms with Gasteiger partial charge in [0.2, 0.25) is 0 Å². The molecule has 1 unspecified atom stereocenters. The van der Waals surface area contributed by atoms with Crippen LogP contribution in [0.4, 0.5) is 18.9 Å². The molecule has 16 heavy (non-hydrogen) atoms. The van der Waals surface area contributed by atoms with E-state index in [1.807, 2.05) is 0 Å². The van der Waals surface area contributed by atoms with Crippen molar-refractivity contribution in [2.45, 2.75) is 11.1 Å². The van der Waals surface area contributed by atoms with Crippen LogP contribution in [0.5, 0.6) is 0 Å². The lowest BCUT2D eigenvalue weighted by Gasteiger charge is -2.12. The molecule has 1 aromatic rings. The first-order valence-electron chi connectivity index (χ1n) is 4.38. The predicted molar refractivity (Wildman–Crippen MR) is 56.7 cm³/mol. The van der Waals surface area contributed by atoms with Gasteiger partial charge in [0.15, 0.2) is 5.92 Å². The molecule has 0 bridgehead atoms. The van der Waals surface area contributed by atoms with Crippen molar-refractivity contribution in [3.63, 3.8) is 0 Å². The molecule has 2 N–H and O–H groups in total. The Kier molecular flexibility index (Phi) is 4.07. The summed E-state index contributed by atoms with van der Waals surface area (Å²) < 4.78 is 36.7. The van der Waals surface area contributed by atoms with E-state index in [0.29, 0.717) is 10.6 Å². The minimum Gasteiger partial charge on any atom is -0.399 e. The monoisotopic (exact) mass is 246 g/mol. The molecule has 0 amide bonds. The minimum absolute atomic E-state index is 0.316. The van der Waals surface area contributed by atoms with Crippen molar-refractivity contribution >= 4 is 17.4 Å². The fourth-order valence-corrected chi connectivity index (χ4v) is 2.01. The lowest BCUT2D eigenvalue weighted by molar-refractivity contribution is -0.152. The lowest BCUT2D eigenvalue weighted by atomic mass is 10.2. The van der Waals surface area contributed by atoms with Crippen LogP contribution in [0.25, 0.3) is 0 Å². The highest BCUT2D eigenvalue weighted by atomic mass is 32.2. The van der Waals surface area contributed by atoms with E-state index in [2.05, 4.69) is 0 Å². The topological polar surface area (TPSA) is 49.8 Å². The second-order valence-electron chi connectivity index (χ2n) is 3.11. The Morgan fingerprint density at radius 3 is 2.62 bits per heavy atom. The Labute approximate surface area is 95.2 Å². The second kappa shape index (κ2) is 5.12. The summed E-state index contributed by atoms with van der Waals surface area (Å²) in [6.45, 7) is 0. The zero-order chi connectivity index (χ0) is 12.2. The summed E-state index contributed by atoms with van der Waals surface area (Å²) >= 11 is 0.972. The Bertz CT molecular complexity index is 398. The maximum atomic E-state index is 12.2. The molecule has 0 heterocycles. The Hall–Kier alpha value is -1.35. The van der Waals surface area contributed by atoms with Crippen LogP contribution in [-0.4, -0.2) is 11.9 Å². The van der Waals surface area contributed by atoms with E-state index >= 15 is 0 Å². The van der Waals surface area contributed by atoms with Crippen LogP contribution in [0.1, 0.15) is 0 Å². The number of hydrogen-bond acceptors (Lipinski definition) is 3. The summed E-state index contributed by atoms with van der Waals surface area (Å²) in [6.07, 6.45) is -4.47. The third kappa shape index (κ3) is 3.66. The third-order valence-corrected chi connectivity index (χ3v) is 2.91. The van der Waals surface area contributed by atoms with Gasteiger partial charge in [0.25, 0.3) is 0 Å². The molecular formula is C10H9F3N2S. The van der Waals surface area contributed by atoms with E-state index in [1.165, 1.54) is 6.07 Å². The van der Waals surface area contributed by atoms with Crippen molar-refractivity contribution in [1.82, 2.24) is 0 Å². The molecular weight excluding hydrogens is 237 g/mol. The predicted octanol–water partition coefficient (Wildman–Crippen LogP) is 3.06. The number of nitrogen functional groups attached to an aromatic ring is 1. The van der Waals surface area contributed by atoms with Gasteiger partial charge in [-0.1, -0.05) is 6.07 Å². The van der Waals surface area contributed by atoms with Gasteiger partial charge < -0.3 is 5.73 Å². The van der Waals surface area contributed by atoms with Crippen LogP contribution in [0.15, 0.2) is 29.2 Å². The normalized spacial score (nSPS) is 13.1. The van der Waals surface area contributed by atoms with Crippen LogP contribution in [0.3, 0.4) is 0 Å². The number of halogens is 3. The van der Waals surface area contributed by atoms with Crippen LogP contribution >= 0.6 is 11.8 Å². The molecule has 2 nitrogen and oxygen atoms in total.